The van der Waals surface area contributed by atoms with Crippen LogP contribution in [0.5, 0.6) is 5.75 Å². The molecular weight excluding hydrogens is 244 g/mol. The predicted octanol–water partition coefficient (Wildman–Crippen LogP) is 4.64. The van der Waals surface area contributed by atoms with Gasteiger partial charge in [0.15, 0.2) is 0 Å². The van der Waals surface area contributed by atoms with Gasteiger partial charge < -0.3 is 4.74 Å². The molecule has 0 N–H and O–H groups in total. The van der Waals surface area contributed by atoms with Gasteiger partial charge in [-0.15, -0.1) is 11.6 Å². The molecule has 0 fully saturated rings. The molecular formula is C16H17ClO. The minimum Gasteiger partial charge on any atom is -0.496 e. The van der Waals surface area contributed by atoms with Gasteiger partial charge in [-0.25, -0.2) is 0 Å². The van der Waals surface area contributed by atoms with Crippen LogP contribution in [0.25, 0.3) is 0 Å². The first-order valence-electron chi connectivity index (χ1n) is 5.97. The van der Waals surface area contributed by atoms with Crippen LogP contribution in [0, 0.1) is 13.8 Å². The highest BCUT2D eigenvalue weighted by atomic mass is 35.5. The van der Waals surface area contributed by atoms with Crippen molar-refractivity contribution in [2.75, 3.05) is 7.11 Å². The second kappa shape index (κ2) is 5.45. The van der Waals surface area contributed by atoms with Crippen LogP contribution in [-0.4, -0.2) is 7.11 Å². The second-order valence-electron chi connectivity index (χ2n) is 4.46. The molecule has 1 atom stereocenters. The van der Waals surface area contributed by atoms with Crippen LogP contribution < -0.4 is 4.74 Å². The Kier molecular flexibility index (Phi) is 3.93. The lowest BCUT2D eigenvalue weighted by Crippen LogP contribution is -1.99. The van der Waals surface area contributed by atoms with Crippen molar-refractivity contribution >= 4 is 11.6 Å². The highest BCUT2D eigenvalue weighted by molar-refractivity contribution is 6.23. The maximum Gasteiger partial charge on any atom is 0.123 e. The zero-order valence-corrected chi connectivity index (χ0v) is 11.7. The summed E-state index contributed by atoms with van der Waals surface area (Å²) in [6.07, 6.45) is 0. The summed E-state index contributed by atoms with van der Waals surface area (Å²) >= 11 is 6.61. The first-order chi connectivity index (χ1) is 8.63. The first kappa shape index (κ1) is 13.0. The summed E-state index contributed by atoms with van der Waals surface area (Å²) in [6, 6.07) is 14.2. The van der Waals surface area contributed by atoms with E-state index in [-0.39, 0.29) is 5.38 Å². The molecule has 0 heterocycles. The molecule has 0 radical (unpaired) electrons. The molecule has 0 bridgehead atoms. The average molecular weight is 261 g/mol. The summed E-state index contributed by atoms with van der Waals surface area (Å²) in [5, 5.41) is -0.180. The van der Waals surface area contributed by atoms with E-state index in [1.807, 2.05) is 24.3 Å². The fourth-order valence-corrected chi connectivity index (χ4v) is 2.49. The highest BCUT2D eigenvalue weighted by Crippen LogP contribution is 2.36. The molecule has 0 saturated heterocycles. The van der Waals surface area contributed by atoms with Gasteiger partial charge >= 0.3 is 0 Å². The van der Waals surface area contributed by atoms with Crippen LogP contribution in [0.3, 0.4) is 0 Å². The van der Waals surface area contributed by atoms with Crippen molar-refractivity contribution in [3.63, 3.8) is 0 Å². The number of methoxy groups -OCH3 is 1. The molecule has 0 spiro atoms. The van der Waals surface area contributed by atoms with E-state index in [1.54, 1.807) is 7.11 Å². The zero-order chi connectivity index (χ0) is 13.1. The monoisotopic (exact) mass is 260 g/mol. The largest absolute Gasteiger partial charge is 0.496 e. The van der Waals surface area contributed by atoms with E-state index in [4.69, 9.17) is 16.3 Å². The van der Waals surface area contributed by atoms with Crippen LogP contribution in [0.1, 0.15) is 27.6 Å². The third kappa shape index (κ3) is 2.51. The number of para-hydroxylation sites is 1. The minimum absolute atomic E-state index is 0.180. The van der Waals surface area contributed by atoms with E-state index < -0.39 is 0 Å². The zero-order valence-electron chi connectivity index (χ0n) is 10.9. The van der Waals surface area contributed by atoms with Crippen molar-refractivity contribution in [1.29, 1.82) is 0 Å². The molecule has 2 aromatic carbocycles. The number of alkyl halides is 1. The fraction of sp³-hybridized carbons (Fsp3) is 0.250. The lowest BCUT2D eigenvalue weighted by Gasteiger charge is -2.16. The molecule has 0 amide bonds. The number of halogens is 1. The fourth-order valence-electron chi connectivity index (χ4n) is 2.08. The molecule has 2 aromatic rings. The van der Waals surface area contributed by atoms with Crippen LogP contribution in [0.15, 0.2) is 42.5 Å². The van der Waals surface area contributed by atoms with Gasteiger partial charge in [-0.2, -0.15) is 0 Å². The van der Waals surface area contributed by atoms with Crippen molar-refractivity contribution in [1.82, 2.24) is 0 Å². The molecule has 0 aliphatic carbocycles. The quantitative estimate of drug-likeness (QED) is 0.731. The van der Waals surface area contributed by atoms with E-state index in [1.165, 1.54) is 11.1 Å². The summed E-state index contributed by atoms with van der Waals surface area (Å²) in [5.74, 6) is 0.832. The van der Waals surface area contributed by atoms with Gasteiger partial charge in [-0.05, 0) is 31.0 Å². The number of ether oxygens (including phenoxy) is 1. The Morgan fingerprint density at radius 3 is 2.44 bits per heavy atom. The van der Waals surface area contributed by atoms with Gasteiger partial charge in [0.05, 0.1) is 12.5 Å². The molecule has 0 aliphatic heterocycles. The molecule has 1 nitrogen and oxygen atoms in total. The van der Waals surface area contributed by atoms with Crippen LogP contribution >= 0.6 is 11.6 Å². The lowest BCUT2D eigenvalue weighted by molar-refractivity contribution is 0.410. The molecule has 2 heteroatoms. The molecule has 0 aromatic heterocycles. The van der Waals surface area contributed by atoms with Crippen LogP contribution in [-0.2, 0) is 0 Å². The summed E-state index contributed by atoms with van der Waals surface area (Å²) < 4.78 is 5.37. The summed E-state index contributed by atoms with van der Waals surface area (Å²) in [4.78, 5) is 0. The summed E-state index contributed by atoms with van der Waals surface area (Å²) in [6.45, 7) is 4.16. The van der Waals surface area contributed by atoms with E-state index in [2.05, 4.69) is 32.0 Å². The number of rotatable bonds is 3. The lowest BCUT2D eigenvalue weighted by atomic mass is 9.97. The maximum absolute atomic E-state index is 6.61. The Bertz CT molecular complexity index is 549. The number of benzene rings is 2. The molecule has 94 valence electrons. The number of hydrogen-bond donors (Lipinski definition) is 0. The first-order valence-corrected chi connectivity index (χ1v) is 6.41. The van der Waals surface area contributed by atoms with Gasteiger partial charge in [0.2, 0.25) is 0 Å². The number of aryl methyl sites for hydroxylation is 2. The number of hydrogen-bond acceptors (Lipinski definition) is 1. The molecule has 0 aliphatic rings. The van der Waals surface area contributed by atoms with Crippen molar-refractivity contribution < 1.29 is 4.74 Å². The van der Waals surface area contributed by atoms with E-state index in [9.17, 15) is 0 Å². The third-order valence-electron chi connectivity index (χ3n) is 3.12. The van der Waals surface area contributed by atoms with Gasteiger partial charge in [0.25, 0.3) is 0 Å². The maximum atomic E-state index is 6.61. The molecule has 18 heavy (non-hydrogen) atoms. The van der Waals surface area contributed by atoms with Crippen molar-refractivity contribution in [3.05, 3.63) is 64.7 Å². The predicted molar refractivity (Wildman–Crippen MR) is 76.6 cm³/mol. The van der Waals surface area contributed by atoms with E-state index >= 15 is 0 Å². The summed E-state index contributed by atoms with van der Waals surface area (Å²) in [7, 11) is 1.67. The van der Waals surface area contributed by atoms with Gasteiger partial charge in [-0.1, -0.05) is 42.0 Å². The van der Waals surface area contributed by atoms with Gasteiger partial charge in [0.1, 0.15) is 5.75 Å². The van der Waals surface area contributed by atoms with Crippen molar-refractivity contribution in [2.24, 2.45) is 0 Å². The van der Waals surface area contributed by atoms with Crippen molar-refractivity contribution in [3.8, 4) is 5.75 Å². The highest BCUT2D eigenvalue weighted by Gasteiger charge is 2.17. The Morgan fingerprint density at radius 2 is 1.72 bits per heavy atom. The SMILES string of the molecule is COc1ccccc1C(Cl)c1cc(C)ccc1C. The van der Waals surface area contributed by atoms with Gasteiger partial charge in [-0.3, -0.25) is 0 Å². The van der Waals surface area contributed by atoms with E-state index in [0.29, 0.717) is 0 Å². The smallest absolute Gasteiger partial charge is 0.123 e. The van der Waals surface area contributed by atoms with Gasteiger partial charge in [0, 0.05) is 5.56 Å². The third-order valence-corrected chi connectivity index (χ3v) is 3.59. The Morgan fingerprint density at radius 1 is 1.00 bits per heavy atom. The average Bonchev–Trinajstić information content (AvgIpc) is 2.40. The van der Waals surface area contributed by atoms with Crippen LogP contribution in [0.4, 0.5) is 0 Å². The molecule has 0 saturated carbocycles. The Hall–Kier alpha value is -1.47. The Balaban J connectivity index is 2.47. The Labute approximate surface area is 113 Å². The van der Waals surface area contributed by atoms with E-state index in [0.717, 1.165) is 16.9 Å². The standard InChI is InChI=1S/C16H17ClO/c1-11-8-9-12(2)14(10-11)16(17)13-6-4-5-7-15(13)18-3/h4-10,16H,1-3H3. The van der Waals surface area contributed by atoms with Crippen molar-refractivity contribution in [2.45, 2.75) is 19.2 Å². The molecule has 1 unspecified atom stereocenters. The summed E-state index contributed by atoms with van der Waals surface area (Å²) in [5.41, 5.74) is 4.57. The minimum atomic E-state index is -0.180. The topological polar surface area (TPSA) is 9.23 Å². The second-order valence-corrected chi connectivity index (χ2v) is 4.90. The van der Waals surface area contributed by atoms with Crippen LogP contribution in [0.2, 0.25) is 0 Å². The normalized spacial score (nSPS) is 12.2. The molecule has 2 rings (SSSR count).